The number of nitrogens with zero attached hydrogens (tertiary/aromatic N) is 1. The molecule has 64 valence electrons. The molecule has 0 aromatic carbocycles. The molecule has 2 heteroatoms. The van der Waals surface area contributed by atoms with Gasteiger partial charge in [-0.05, 0) is 39.1 Å². The van der Waals surface area contributed by atoms with Crippen molar-refractivity contribution in [3.8, 4) is 0 Å². The maximum atomic E-state index is 3.88. The number of hydrogen-bond acceptors (Lipinski definition) is 2. The molecule has 0 aromatic rings. The molecule has 0 saturated heterocycles. The minimum absolute atomic E-state index is 0.623. The first-order chi connectivity index (χ1) is 5.35. The average molecular weight is 154 g/mol. The van der Waals surface area contributed by atoms with Gasteiger partial charge >= 0.3 is 0 Å². The molecule has 0 aliphatic rings. The van der Waals surface area contributed by atoms with Crippen LogP contribution in [0, 0.1) is 5.92 Å². The number of aliphatic imine (C=N–C) groups is 1. The van der Waals surface area contributed by atoms with Gasteiger partial charge in [0.05, 0.1) is 0 Å². The van der Waals surface area contributed by atoms with Crippen molar-refractivity contribution in [2.24, 2.45) is 10.9 Å². The number of nitrogens with one attached hydrogen (secondary N) is 1. The van der Waals surface area contributed by atoms with Gasteiger partial charge in [-0.3, -0.25) is 0 Å². The summed E-state index contributed by atoms with van der Waals surface area (Å²) >= 11 is 0. The van der Waals surface area contributed by atoms with Gasteiger partial charge < -0.3 is 10.3 Å². The van der Waals surface area contributed by atoms with Crippen LogP contribution in [-0.4, -0.2) is 26.9 Å². The molecule has 0 amide bonds. The molecule has 1 N–H and O–H groups in total. The van der Waals surface area contributed by atoms with Crippen LogP contribution in [-0.2, 0) is 0 Å². The van der Waals surface area contributed by atoms with Gasteiger partial charge in [-0.1, -0.05) is 6.08 Å². The highest BCUT2D eigenvalue weighted by Crippen LogP contribution is 2.08. The van der Waals surface area contributed by atoms with Crippen molar-refractivity contribution in [3.05, 3.63) is 12.7 Å². The summed E-state index contributed by atoms with van der Waals surface area (Å²) in [4.78, 5) is 3.88. The Morgan fingerprint density at radius 3 is 2.82 bits per heavy atom. The second-order valence-electron chi connectivity index (χ2n) is 2.69. The van der Waals surface area contributed by atoms with Crippen molar-refractivity contribution in [2.45, 2.75) is 12.8 Å². The Hall–Kier alpha value is -0.630. The summed E-state index contributed by atoms with van der Waals surface area (Å²) < 4.78 is 0. The molecule has 1 unspecified atom stereocenters. The quantitative estimate of drug-likeness (QED) is 0.436. The maximum absolute atomic E-state index is 3.88. The molecule has 1 atom stereocenters. The van der Waals surface area contributed by atoms with Crippen molar-refractivity contribution in [2.75, 3.05) is 20.1 Å². The summed E-state index contributed by atoms with van der Waals surface area (Å²) in [6.07, 6.45) is 4.15. The largest absolute Gasteiger partial charge is 0.320 e. The maximum Gasteiger partial charge on any atom is 0.0413 e. The first-order valence-corrected chi connectivity index (χ1v) is 4.03. The molecule has 0 bridgehead atoms. The SMILES string of the molecule is C=CCC(CCNC)CN=C. The molecule has 0 aliphatic heterocycles. The van der Waals surface area contributed by atoms with E-state index < -0.39 is 0 Å². The van der Waals surface area contributed by atoms with Gasteiger partial charge in [-0.2, -0.15) is 0 Å². The third-order valence-corrected chi connectivity index (χ3v) is 1.69. The predicted octanol–water partition coefficient (Wildman–Crippen LogP) is 1.49. The second kappa shape index (κ2) is 7.48. The van der Waals surface area contributed by atoms with Crippen LogP contribution in [0.1, 0.15) is 12.8 Å². The van der Waals surface area contributed by atoms with Gasteiger partial charge in [0.25, 0.3) is 0 Å². The highest BCUT2D eigenvalue weighted by molar-refractivity contribution is 5.23. The minimum atomic E-state index is 0.623. The lowest BCUT2D eigenvalue weighted by Gasteiger charge is -2.10. The van der Waals surface area contributed by atoms with Crippen LogP contribution in [0.2, 0.25) is 0 Å². The lowest BCUT2D eigenvalue weighted by atomic mass is 10.0. The lowest BCUT2D eigenvalue weighted by Crippen LogP contribution is -2.14. The fourth-order valence-electron chi connectivity index (χ4n) is 1.05. The molecule has 0 spiro atoms. The van der Waals surface area contributed by atoms with Crippen LogP contribution in [0.15, 0.2) is 17.6 Å². The highest BCUT2D eigenvalue weighted by Gasteiger charge is 2.03. The molecule has 11 heavy (non-hydrogen) atoms. The van der Waals surface area contributed by atoms with Crippen LogP contribution >= 0.6 is 0 Å². The zero-order chi connectivity index (χ0) is 8.53. The van der Waals surface area contributed by atoms with Gasteiger partial charge in [0.1, 0.15) is 0 Å². The number of rotatable bonds is 7. The molecule has 0 fully saturated rings. The smallest absolute Gasteiger partial charge is 0.0413 e. The van der Waals surface area contributed by atoms with E-state index in [-0.39, 0.29) is 0 Å². The Labute approximate surface area is 69.4 Å². The molecule has 2 nitrogen and oxygen atoms in total. The summed E-state index contributed by atoms with van der Waals surface area (Å²) in [5, 5.41) is 3.12. The van der Waals surface area contributed by atoms with E-state index in [1.807, 2.05) is 13.1 Å². The van der Waals surface area contributed by atoms with Crippen LogP contribution in [0.5, 0.6) is 0 Å². The summed E-state index contributed by atoms with van der Waals surface area (Å²) in [5.74, 6) is 0.623. The molecule has 0 aromatic heterocycles. The first-order valence-electron chi connectivity index (χ1n) is 4.03. The van der Waals surface area contributed by atoms with Crippen LogP contribution in [0.4, 0.5) is 0 Å². The van der Waals surface area contributed by atoms with E-state index in [1.165, 1.54) is 0 Å². The molecule has 0 heterocycles. The van der Waals surface area contributed by atoms with Crippen LogP contribution < -0.4 is 5.32 Å². The minimum Gasteiger partial charge on any atom is -0.320 e. The Balaban J connectivity index is 3.49. The van der Waals surface area contributed by atoms with E-state index >= 15 is 0 Å². The normalized spacial score (nSPS) is 12.5. The first kappa shape index (κ1) is 10.4. The Morgan fingerprint density at radius 1 is 1.64 bits per heavy atom. The van der Waals surface area contributed by atoms with Crippen molar-refractivity contribution >= 4 is 6.72 Å². The fourth-order valence-corrected chi connectivity index (χ4v) is 1.05. The molecular formula is C9H18N2. The molecule has 0 radical (unpaired) electrons. The standard InChI is InChI=1S/C9H18N2/c1-4-5-9(8-11-3)6-7-10-2/h4,9-10H,1,3,5-8H2,2H3. The van der Waals surface area contributed by atoms with Gasteiger partial charge in [-0.15, -0.1) is 6.58 Å². The second-order valence-corrected chi connectivity index (χ2v) is 2.69. The number of allylic oxidation sites excluding steroid dienone is 1. The van der Waals surface area contributed by atoms with E-state index in [0.717, 1.165) is 25.9 Å². The van der Waals surface area contributed by atoms with Gasteiger partial charge in [-0.25, -0.2) is 0 Å². The van der Waals surface area contributed by atoms with Crippen molar-refractivity contribution < 1.29 is 0 Å². The lowest BCUT2D eigenvalue weighted by molar-refractivity contribution is 0.493. The third-order valence-electron chi connectivity index (χ3n) is 1.69. The molecule has 0 aliphatic carbocycles. The van der Waals surface area contributed by atoms with E-state index in [2.05, 4.69) is 23.6 Å². The van der Waals surface area contributed by atoms with Crippen LogP contribution in [0.3, 0.4) is 0 Å². The van der Waals surface area contributed by atoms with E-state index in [1.54, 1.807) is 0 Å². The molecule has 0 rings (SSSR count). The van der Waals surface area contributed by atoms with Gasteiger partial charge in [0.15, 0.2) is 0 Å². The highest BCUT2D eigenvalue weighted by atomic mass is 14.8. The summed E-state index contributed by atoms with van der Waals surface area (Å²) in [6.45, 7) is 9.10. The Bertz CT molecular complexity index is 100. The fraction of sp³-hybridized carbons (Fsp3) is 0.667. The van der Waals surface area contributed by atoms with Gasteiger partial charge in [0.2, 0.25) is 0 Å². The van der Waals surface area contributed by atoms with Crippen molar-refractivity contribution in [1.82, 2.24) is 5.32 Å². The summed E-state index contributed by atoms with van der Waals surface area (Å²) in [6, 6.07) is 0. The van der Waals surface area contributed by atoms with E-state index in [9.17, 15) is 0 Å². The number of hydrogen-bond donors (Lipinski definition) is 1. The zero-order valence-electron chi connectivity index (χ0n) is 7.34. The predicted molar refractivity (Wildman–Crippen MR) is 51.3 cm³/mol. The molecular weight excluding hydrogens is 136 g/mol. The zero-order valence-corrected chi connectivity index (χ0v) is 7.34. The van der Waals surface area contributed by atoms with Crippen molar-refractivity contribution in [1.29, 1.82) is 0 Å². The monoisotopic (exact) mass is 154 g/mol. The third kappa shape index (κ3) is 5.80. The molecule has 0 saturated carbocycles. The topological polar surface area (TPSA) is 24.4 Å². The van der Waals surface area contributed by atoms with E-state index in [0.29, 0.717) is 5.92 Å². The van der Waals surface area contributed by atoms with Gasteiger partial charge in [0, 0.05) is 6.54 Å². The van der Waals surface area contributed by atoms with E-state index in [4.69, 9.17) is 0 Å². The summed E-state index contributed by atoms with van der Waals surface area (Å²) in [7, 11) is 1.96. The average Bonchev–Trinajstić information content (AvgIpc) is 2.01. The van der Waals surface area contributed by atoms with Crippen LogP contribution in [0.25, 0.3) is 0 Å². The van der Waals surface area contributed by atoms with Crippen molar-refractivity contribution in [3.63, 3.8) is 0 Å². The Morgan fingerprint density at radius 2 is 2.36 bits per heavy atom. The summed E-state index contributed by atoms with van der Waals surface area (Å²) in [5.41, 5.74) is 0. The Kier molecular flexibility index (Phi) is 7.05.